The number of aliphatic carboxylic acids is 1. The minimum atomic E-state index is -3.97. The minimum absolute atomic E-state index is 0.0000926. The molecular weight excluding hydrogens is 310 g/mol. The van der Waals surface area contributed by atoms with Gasteiger partial charge in [-0.1, -0.05) is 0 Å². The Morgan fingerprint density at radius 1 is 1.23 bits per heavy atom. The second-order valence-electron chi connectivity index (χ2n) is 5.01. The van der Waals surface area contributed by atoms with Crippen LogP contribution in [0.3, 0.4) is 0 Å². The lowest BCUT2D eigenvalue weighted by Gasteiger charge is -2.25. The number of nitrogens with zero attached hydrogens (tertiary/aromatic N) is 1. The average molecular weight is 331 g/mol. The van der Waals surface area contributed by atoms with E-state index >= 15 is 0 Å². The second kappa shape index (κ2) is 6.97. The van der Waals surface area contributed by atoms with Crippen molar-refractivity contribution in [3.05, 3.63) is 17.7 Å². The predicted molar refractivity (Wildman–Crippen MR) is 80.9 cm³/mol. The third-order valence-electron chi connectivity index (χ3n) is 3.13. The Hall–Kier alpha value is -1.80. The molecule has 7 nitrogen and oxygen atoms in total. The number of hydrogen-bond donors (Lipinski definition) is 1. The van der Waals surface area contributed by atoms with Gasteiger partial charge in [-0.3, -0.25) is 4.79 Å². The lowest BCUT2D eigenvalue weighted by molar-refractivity contribution is -0.137. The molecule has 0 radical (unpaired) electrons. The van der Waals surface area contributed by atoms with Gasteiger partial charge in [0.1, 0.15) is 6.54 Å². The third kappa shape index (κ3) is 3.69. The van der Waals surface area contributed by atoms with Crippen molar-refractivity contribution in [2.24, 2.45) is 0 Å². The molecule has 0 saturated carbocycles. The molecule has 0 saturated heterocycles. The molecule has 0 bridgehead atoms. The first-order valence-corrected chi connectivity index (χ1v) is 8.05. The number of carbonyl (C=O) groups is 1. The topological polar surface area (TPSA) is 93.1 Å². The largest absolute Gasteiger partial charge is 0.493 e. The predicted octanol–water partition coefficient (Wildman–Crippen LogP) is 1.50. The molecule has 1 rings (SSSR count). The van der Waals surface area contributed by atoms with Crippen molar-refractivity contribution in [3.63, 3.8) is 0 Å². The van der Waals surface area contributed by atoms with Gasteiger partial charge in [0.25, 0.3) is 0 Å². The van der Waals surface area contributed by atoms with E-state index in [1.165, 1.54) is 20.3 Å². The lowest BCUT2D eigenvalue weighted by atomic mass is 10.2. The summed E-state index contributed by atoms with van der Waals surface area (Å²) < 4.78 is 36.7. The Balaban J connectivity index is 3.46. The van der Waals surface area contributed by atoms with Crippen molar-refractivity contribution < 1.29 is 27.8 Å². The van der Waals surface area contributed by atoms with Crippen molar-refractivity contribution >= 4 is 16.0 Å². The first-order chi connectivity index (χ1) is 10.1. The number of methoxy groups -OCH3 is 2. The highest BCUT2D eigenvalue weighted by molar-refractivity contribution is 7.89. The summed E-state index contributed by atoms with van der Waals surface area (Å²) >= 11 is 0. The van der Waals surface area contributed by atoms with E-state index in [-0.39, 0.29) is 10.6 Å². The number of hydrogen-bond acceptors (Lipinski definition) is 5. The first-order valence-electron chi connectivity index (χ1n) is 6.61. The molecule has 0 aliphatic rings. The molecule has 0 aliphatic heterocycles. The standard InChI is InChI=1S/C14H21NO6S/c1-9(2)15(8-14(16)17)22(18,19)13-7-12(21-5)11(20-4)6-10(13)3/h6-7,9H,8H2,1-5H3,(H,16,17). The zero-order valence-electron chi connectivity index (χ0n) is 13.3. The van der Waals surface area contributed by atoms with E-state index in [0.29, 0.717) is 11.3 Å². The van der Waals surface area contributed by atoms with Gasteiger partial charge in [-0.2, -0.15) is 4.31 Å². The molecule has 8 heteroatoms. The molecule has 22 heavy (non-hydrogen) atoms. The molecule has 0 aliphatic carbocycles. The van der Waals surface area contributed by atoms with Crippen molar-refractivity contribution in [3.8, 4) is 11.5 Å². The van der Waals surface area contributed by atoms with Crippen molar-refractivity contribution in [2.45, 2.75) is 31.7 Å². The van der Waals surface area contributed by atoms with Gasteiger partial charge in [-0.15, -0.1) is 0 Å². The van der Waals surface area contributed by atoms with Crippen LogP contribution >= 0.6 is 0 Å². The molecule has 0 amide bonds. The normalized spacial score (nSPS) is 11.8. The van der Waals surface area contributed by atoms with Crippen LogP contribution in [-0.2, 0) is 14.8 Å². The summed E-state index contributed by atoms with van der Waals surface area (Å²) in [5.74, 6) is -0.533. The molecule has 0 unspecified atom stereocenters. The smallest absolute Gasteiger partial charge is 0.318 e. The monoisotopic (exact) mass is 331 g/mol. The number of aryl methyl sites for hydroxylation is 1. The van der Waals surface area contributed by atoms with Gasteiger partial charge >= 0.3 is 5.97 Å². The quantitative estimate of drug-likeness (QED) is 0.814. The van der Waals surface area contributed by atoms with Gasteiger partial charge in [0.05, 0.1) is 19.1 Å². The van der Waals surface area contributed by atoms with Gasteiger partial charge < -0.3 is 14.6 Å². The first kappa shape index (κ1) is 18.2. The maximum Gasteiger partial charge on any atom is 0.318 e. The number of benzene rings is 1. The van der Waals surface area contributed by atoms with Gasteiger partial charge in [0.2, 0.25) is 10.0 Å². The fourth-order valence-corrected chi connectivity index (χ4v) is 3.85. The lowest BCUT2D eigenvalue weighted by Crippen LogP contribution is -2.40. The molecular formula is C14H21NO6S. The molecule has 0 fully saturated rings. The fraction of sp³-hybridized carbons (Fsp3) is 0.500. The molecule has 0 heterocycles. The molecule has 0 spiro atoms. The molecule has 124 valence electrons. The van der Waals surface area contributed by atoms with Crippen LogP contribution < -0.4 is 9.47 Å². The number of ether oxygens (including phenoxy) is 2. The van der Waals surface area contributed by atoms with Gasteiger partial charge in [0.15, 0.2) is 11.5 Å². The molecule has 1 N–H and O–H groups in total. The highest BCUT2D eigenvalue weighted by Gasteiger charge is 2.31. The van der Waals surface area contributed by atoms with Gasteiger partial charge in [0, 0.05) is 12.1 Å². The number of carboxylic acids is 1. The average Bonchev–Trinajstić information content (AvgIpc) is 2.43. The van der Waals surface area contributed by atoms with E-state index in [0.717, 1.165) is 4.31 Å². The van der Waals surface area contributed by atoms with Crippen molar-refractivity contribution in [2.75, 3.05) is 20.8 Å². The van der Waals surface area contributed by atoms with Crippen molar-refractivity contribution in [1.29, 1.82) is 0 Å². The SMILES string of the molecule is COc1cc(C)c(S(=O)(=O)N(CC(=O)O)C(C)C)cc1OC. The Kier molecular flexibility index (Phi) is 5.78. The fourth-order valence-electron chi connectivity index (χ4n) is 2.04. The van der Waals surface area contributed by atoms with E-state index in [1.807, 2.05) is 0 Å². The highest BCUT2D eigenvalue weighted by Crippen LogP contribution is 2.33. The molecule has 0 aromatic heterocycles. The highest BCUT2D eigenvalue weighted by atomic mass is 32.2. The van der Waals surface area contributed by atoms with E-state index in [9.17, 15) is 13.2 Å². The van der Waals surface area contributed by atoms with Crippen molar-refractivity contribution in [1.82, 2.24) is 4.31 Å². The summed E-state index contributed by atoms with van der Waals surface area (Å²) in [5.41, 5.74) is 0.452. The Labute approximate surface area is 130 Å². The van der Waals surface area contributed by atoms with Gasteiger partial charge in [-0.25, -0.2) is 8.42 Å². The van der Waals surface area contributed by atoms with Crippen LogP contribution in [0.4, 0.5) is 0 Å². The van der Waals surface area contributed by atoms with Crippen LogP contribution in [0, 0.1) is 6.92 Å². The Morgan fingerprint density at radius 3 is 2.14 bits per heavy atom. The number of carboxylic acid groups (broad SMARTS) is 1. The summed E-state index contributed by atoms with van der Waals surface area (Å²) in [5, 5.41) is 8.94. The van der Waals surface area contributed by atoms with E-state index in [2.05, 4.69) is 0 Å². The van der Waals surface area contributed by atoms with Crippen LogP contribution in [-0.4, -0.2) is 50.6 Å². The van der Waals surface area contributed by atoms with Crippen LogP contribution in [0.25, 0.3) is 0 Å². The molecule has 1 aromatic rings. The summed E-state index contributed by atoms with van der Waals surface area (Å²) in [4.78, 5) is 10.9. The van der Waals surface area contributed by atoms with Crippen LogP contribution in [0.15, 0.2) is 17.0 Å². The summed E-state index contributed by atoms with van der Waals surface area (Å²) in [6.07, 6.45) is 0. The molecule has 0 atom stereocenters. The number of sulfonamides is 1. The van der Waals surface area contributed by atoms with Crippen LogP contribution in [0.2, 0.25) is 0 Å². The van der Waals surface area contributed by atoms with Crippen LogP contribution in [0.5, 0.6) is 11.5 Å². The second-order valence-corrected chi connectivity index (χ2v) is 6.87. The van der Waals surface area contributed by atoms with E-state index in [1.54, 1.807) is 26.8 Å². The van der Waals surface area contributed by atoms with E-state index < -0.39 is 28.6 Å². The summed E-state index contributed by atoms with van der Waals surface area (Å²) in [7, 11) is -1.11. The zero-order chi connectivity index (χ0) is 17.1. The maximum atomic E-state index is 12.8. The maximum absolute atomic E-state index is 12.8. The Morgan fingerprint density at radius 2 is 1.73 bits per heavy atom. The van der Waals surface area contributed by atoms with Gasteiger partial charge in [-0.05, 0) is 32.4 Å². The summed E-state index contributed by atoms with van der Waals surface area (Å²) in [6, 6.07) is 2.40. The zero-order valence-corrected chi connectivity index (χ0v) is 14.1. The third-order valence-corrected chi connectivity index (χ3v) is 5.30. The number of rotatable bonds is 7. The summed E-state index contributed by atoms with van der Waals surface area (Å²) in [6.45, 7) is 4.26. The molecule has 1 aromatic carbocycles. The Bertz CT molecular complexity index is 654. The minimum Gasteiger partial charge on any atom is -0.493 e. The van der Waals surface area contributed by atoms with E-state index in [4.69, 9.17) is 14.6 Å². The van der Waals surface area contributed by atoms with Crippen LogP contribution in [0.1, 0.15) is 19.4 Å².